The smallest absolute Gasteiger partial charge is 0.418 e. The Bertz CT molecular complexity index is 1200. The van der Waals surface area contributed by atoms with Crippen LogP contribution in [-0.4, -0.2) is 39.3 Å². The number of ether oxygens (including phenoxy) is 2. The second-order valence-corrected chi connectivity index (χ2v) is 9.42. The molecule has 0 saturated carbocycles. The molecule has 0 radical (unpaired) electrons. The maximum Gasteiger partial charge on any atom is 0.418 e. The van der Waals surface area contributed by atoms with Crippen molar-refractivity contribution in [3.05, 3.63) is 70.9 Å². The molecule has 0 bridgehead atoms. The molecule has 0 amide bonds. The first-order valence-corrected chi connectivity index (χ1v) is 13.2. The van der Waals surface area contributed by atoms with Gasteiger partial charge in [0.25, 0.3) is 0 Å². The third-order valence-electron chi connectivity index (χ3n) is 6.39. The molecule has 0 aromatic heterocycles. The molecule has 0 saturated heterocycles. The molecule has 0 spiro atoms. The average molecular weight is 533 g/mol. The summed E-state index contributed by atoms with van der Waals surface area (Å²) in [6, 6.07) is 9.46. The number of anilines is 2. The van der Waals surface area contributed by atoms with Gasteiger partial charge in [-0.1, -0.05) is 18.5 Å². The van der Waals surface area contributed by atoms with Crippen LogP contribution < -0.4 is 24.5 Å². The zero-order valence-electron chi connectivity index (χ0n) is 21.2. The quantitative estimate of drug-likeness (QED) is 0.265. The highest BCUT2D eigenvalue weighted by Crippen LogP contribution is 2.45. The molecule has 2 N–H and O–H groups in total. The van der Waals surface area contributed by atoms with Gasteiger partial charge in [-0.3, -0.25) is 4.72 Å². The summed E-state index contributed by atoms with van der Waals surface area (Å²) < 4.78 is 56.5. The number of nitrogens with zero attached hydrogens (tertiary/aromatic N) is 2. The molecule has 1 aliphatic carbocycles. The summed E-state index contributed by atoms with van der Waals surface area (Å²) in [5.74, 6) is 1.15. The Morgan fingerprint density at radius 3 is 2.38 bits per heavy atom. The molecule has 2 aromatic rings. The molecule has 0 atom stereocenters. The van der Waals surface area contributed by atoms with Gasteiger partial charge in [0, 0.05) is 30.4 Å². The van der Waals surface area contributed by atoms with E-state index in [1.807, 2.05) is 18.4 Å². The van der Waals surface area contributed by atoms with E-state index in [4.69, 9.17) is 14.6 Å². The van der Waals surface area contributed by atoms with Crippen LogP contribution in [0.2, 0.25) is 0 Å². The molecule has 6 nitrogen and oxygen atoms in total. The number of nitrogens with one attached hydrogen (secondary N) is 2. The molecule has 10 heteroatoms. The first-order chi connectivity index (χ1) is 17.8. The minimum absolute atomic E-state index is 0.0597. The summed E-state index contributed by atoms with van der Waals surface area (Å²) in [5.41, 5.74) is 3.48. The number of halogens is 3. The first kappa shape index (κ1) is 26.9. The van der Waals surface area contributed by atoms with Gasteiger partial charge in [0.05, 0.1) is 36.9 Å². The van der Waals surface area contributed by atoms with Crippen LogP contribution in [0.5, 0.6) is 11.5 Å². The predicted molar refractivity (Wildman–Crippen MR) is 145 cm³/mol. The van der Waals surface area contributed by atoms with Crippen molar-refractivity contribution in [2.24, 2.45) is 5.10 Å². The highest BCUT2D eigenvalue weighted by Gasteiger charge is 2.38. The third-order valence-corrected chi connectivity index (χ3v) is 6.89. The van der Waals surface area contributed by atoms with Crippen LogP contribution in [0.3, 0.4) is 0 Å². The maximum atomic E-state index is 14.2. The fourth-order valence-electron chi connectivity index (χ4n) is 4.60. The topological polar surface area (TPSA) is 58.1 Å². The van der Waals surface area contributed by atoms with E-state index in [1.54, 1.807) is 20.3 Å². The van der Waals surface area contributed by atoms with Crippen LogP contribution in [0.4, 0.5) is 24.5 Å². The van der Waals surface area contributed by atoms with E-state index in [2.05, 4.69) is 16.6 Å². The summed E-state index contributed by atoms with van der Waals surface area (Å²) in [6.07, 6.45) is 0.600. The molecule has 0 unspecified atom stereocenters. The number of methoxy groups -OCH3 is 2. The van der Waals surface area contributed by atoms with E-state index in [0.717, 1.165) is 49.4 Å². The summed E-state index contributed by atoms with van der Waals surface area (Å²) in [6.45, 7) is 5.58. The lowest BCUT2D eigenvalue weighted by molar-refractivity contribution is -0.137. The lowest BCUT2D eigenvalue weighted by Crippen LogP contribution is -2.27. The van der Waals surface area contributed by atoms with Crippen molar-refractivity contribution in [2.75, 3.05) is 43.9 Å². The van der Waals surface area contributed by atoms with Gasteiger partial charge in [-0.25, -0.2) is 5.01 Å². The fourth-order valence-corrected chi connectivity index (χ4v) is 4.95. The lowest BCUT2D eigenvalue weighted by Gasteiger charge is -2.31. The molecule has 2 aliphatic rings. The van der Waals surface area contributed by atoms with E-state index in [1.165, 1.54) is 29.1 Å². The van der Waals surface area contributed by atoms with Crippen molar-refractivity contribution < 1.29 is 22.6 Å². The minimum Gasteiger partial charge on any atom is -0.497 e. The molecule has 0 fully saturated rings. The predicted octanol–water partition coefficient (Wildman–Crippen LogP) is 6.61. The van der Waals surface area contributed by atoms with Crippen molar-refractivity contribution in [3.8, 4) is 11.5 Å². The summed E-state index contributed by atoms with van der Waals surface area (Å²) in [5, 5.41) is 9.35. The van der Waals surface area contributed by atoms with Crippen LogP contribution in [0.15, 0.2) is 64.9 Å². The maximum absolute atomic E-state index is 14.2. The van der Waals surface area contributed by atoms with E-state index >= 15 is 0 Å². The summed E-state index contributed by atoms with van der Waals surface area (Å²) in [7, 11) is 3.11. The van der Waals surface area contributed by atoms with Gasteiger partial charge < -0.3 is 14.8 Å². The van der Waals surface area contributed by atoms with Gasteiger partial charge in [0.2, 0.25) is 0 Å². The van der Waals surface area contributed by atoms with Crippen LogP contribution >= 0.6 is 11.9 Å². The Balaban J connectivity index is 1.78. The number of alkyl halides is 3. The Morgan fingerprint density at radius 1 is 1.03 bits per heavy atom. The summed E-state index contributed by atoms with van der Waals surface area (Å²) in [4.78, 5) is 0. The van der Waals surface area contributed by atoms with E-state index in [9.17, 15) is 13.2 Å². The fraction of sp³-hybridized carbons (Fsp3) is 0.370. The highest BCUT2D eigenvalue weighted by molar-refractivity contribution is 7.96. The largest absolute Gasteiger partial charge is 0.497 e. The average Bonchev–Trinajstić information content (AvgIpc) is 3.38. The molecular formula is C27H31F3N4O2S. The second-order valence-electron chi connectivity index (χ2n) is 8.73. The van der Waals surface area contributed by atoms with Crippen molar-refractivity contribution in [2.45, 2.75) is 31.9 Å². The van der Waals surface area contributed by atoms with Gasteiger partial charge in [-0.2, -0.15) is 18.3 Å². The second kappa shape index (κ2) is 11.5. The van der Waals surface area contributed by atoms with Crippen molar-refractivity contribution in [1.29, 1.82) is 0 Å². The Morgan fingerprint density at radius 2 is 1.73 bits per heavy atom. The molecule has 4 rings (SSSR count). The van der Waals surface area contributed by atoms with Crippen LogP contribution in [-0.2, 0) is 6.18 Å². The van der Waals surface area contributed by atoms with Crippen molar-refractivity contribution >= 4 is 29.0 Å². The monoisotopic (exact) mass is 532 g/mol. The molecule has 1 aliphatic heterocycles. The first-order valence-electron chi connectivity index (χ1n) is 12.0. The number of hydrazone groups is 1. The van der Waals surface area contributed by atoms with Gasteiger partial charge in [0.1, 0.15) is 11.5 Å². The lowest BCUT2D eigenvalue weighted by atomic mass is 9.95. The zero-order valence-corrected chi connectivity index (χ0v) is 22.0. The number of allylic oxidation sites excluding steroid dienone is 2. The van der Waals surface area contributed by atoms with Gasteiger partial charge in [-0.05, 0) is 73.4 Å². The highest BCUT2D eigenvalue weighted by atomic mass is 32.2. The van der Waals surface area contributed by atoms with E-state index in [0.29, 0.717) is 40.7 Å². The number of hydrogen-bond donors (Lipinski definition) is 2. The molecule has 1 heterocycles. The minimum atomic E-state index is -4.56. The van der Waals surface area contributed by atoms with Crippen LogP contribution in [0.25, 0.3) is 0 Å². The van der Waals surface area contributed by atoms with Crippen molar-refractivity contribution in [1.82, 2.24) is 4.72 Å². The molecular weight excluding hydrogens is 501 g/mol. The Labute approximate surface area is 219 Å². The van der Waals surface area contributed by atoms with Gasteiger partial charge >= 0.3 is 6.18 Å². The van der Waals surface area contributed by atoms with E-state index in [-0.39, 0.29) is 5.69 Å². The zero-order chi connectivity index (χ0) is 26.6. The molecule has 198 valence electrons. The third kappa shape index (κ3) is 5.91. The Hall–Kier alpha value is -3.11. The normalized spacial score (nSPS) is 15.6. The molecule has 2 aromatic carbocycles. The number of benzene rings is 2. The number of hydrogen-bond acceptors (Lipinski definition) is 7. The summed E-state index contributed by atoms with van der Waals surface area (Å²) >= 11 is 1.53. The van der Waals surface area contributed by atoms with Crippen molar-refractivity contribution in [3.63, 3.8) is 0 Å². The van der Waals surface area contributed by atoms with Crippen LogP contribution in [0, 0.1) is 0 Å². The molecule has 37 heavy (non-hydrogen) atoms. The van der Waals surface area contributed by atoms with Gasteiger partial charge in [0.15, 0.2) is 0 Å². The van der Waals surface area contributed by atoms with Crippen LogP contribution in [0.1, 0.15) is 36.8 Å². The SMILES string of the molecule is C=C1C2=C(CCC2)C(c2cc(OC)cc(OC)c2)=NN1c1cc(NCCCNSC)ccc1C(F)(F)F. The Kier molecular flexibility index (Phi) is 8.39. The van der Waals surface area contributed by atoms with Gasteiger partial charge in [-0.15, -0.1) is 0 Å². The number of rotatable bonds is 10. The standard InChI is InChI=1S/C27H31F3N4O2S/c1-17-22-7-5-8-23(22)26(18-13-20(35-2)16-21(14-18)36-3)33-34(17)25-15-19(31-11-6-12-32-37-4)9-10-24(25)27(28,29)30/h9-10,13-16,31-32H,1,5-8,11-12H2,2-4H3. The van der Waals surface area contributed by atoms with E-state index < -0.39 is 11.7 Å².